The van der Waals surface area contributed by atoms with Gasteiger partial charge in [-0.2, -0.15) is 5.10 Å². The molecule has 37 heavy (non-hydrogen) atoms. The summed E-state index contributed by atoms with van der Waals surface area (Å²) in [5.41, 5.74) is 3.72. The molecule has 1 amide bonds. The van der Waals surface area contributed by atoms with Gasteiger partial charge in [-0.05, 0) is 37.4 Å². The first-order valence-electron chi connectivity index (χ1n) is 11.8. The summed E-state index contributed by atoms with van der Waals surface area (Å²) in [5.74, 6) is -2.08. The smallest absolute Gasteiger partial charge is 0.406 e. The van der Waals surface area contributed by atoms with Crippen LogP contribution in [0.15, 0.2) is 48.9 Å². The molecule has 0 radical (unpaired) electrons. The number of alkyl halides is 3. The number of hydrogen-bond acceptors (Lipinski definition) is 6. The second-order valence-electron chi connectivity index (χ2n) is 10.2. The molecule has 8 nitrogen and oxygen atoms in total. The summed E-state index contributed by atoms with van der Waals surface area (Å²) in [6, 6.07) is 7.22. The van der Waals surface area contributed by atoms with Crippen molar-refractivity contribution in [3.8, 4) is 17.0 Å². The van der Waals surface area contributed by atoms with E-state index in [1.165, 1.54) is 29.2 Å². The number of amides is 1. The lowest BCUT2D eigenvalue weighted by Crippen LogP contribution is -2.71. The van der Waals surface area contributed by atoms with Crippen molar-refractivity contribution >= 4 is 22.6 Å². The fraction of sp³-hybridized carbons (Fsp3) is 0.400. The zero-order valence-corrected chi connectivity index (χ0v) is 20.0. The topological polar surface area (TPSA) is 66.7 Å². The van der Waals surface area contributed by atoms with Crippen LogP contribution in [0.2, 0.25) is 0 Å². The quantitative estimate of drug-likeness (QED) is 0.381. The number of likely N-dealkylation sites (tertiary alicyclic amines) is 2. The molecule has 0 unspecified atom stereocenters. The van der Waals surface area contributed by atoms with Crippen LogP contribution in [0.25, 0.3) is 22.3 Å². The third-order valence-corrected chi connectivity index (χ3v) is 7.26. The van der Waals surface area contributed by atoms with Gasteiger partial charge in [-0.1, -0.05) is 6.58 Å². The van der Waals surface area contributed by atoms with Crippen molar-refractivity contribution in [2.75, 3.05) is 51.2 Å². The van der Waals surface area contributed by atoms with E-state index in [0.29, 0.717) is 16.8 Å². The number of anilines is 1. The predicted molar refractivity (Wildman–Crippen MR) is 128 cm³/mol. The number of hydrogen-bond donors (Lipinski definition) is 0. The summed E-state index contributed by atoms with van der Waals surface area (Å²) < 4.78 is 57.0. The van der Waals surface area contributed by atoms with Crippen molar-refractivity contribution in [1.29, 1.82) is 0 Å². The molecule has 3 saturated heterocycles. The van der Waals surface area contributed by atoms with Crippen molar-refractivity contribution in [3.63, 3.8) is 0 Å². The average Bonchev–Trinajstić information content (AvgIpc) is 3.13. The van der Waals surface area contributed by atoms with Gasteiger partial charge in [-0.25, -0.2) is 4.39 Å². The van der Waals surface area contributed by atoms with E-state index in [-0.39, 0.29) is 30.3 Å². The maximum Gasteiger partial charge on any atom is 0.573 e. The molecule has 3 aliphatic rings. The summed E-state index contributed by atoms with van der Waals surface area (Å²) in [7, 11) is 2.10. The zero-order chi connectivity index (χ0) is 26.1. The predicted octanol–water partition coefficient (Wildman–Crippen LogP) is 3.62. The zero-order valence-electron chi connectivity index (χ0n) is 20.0. The standard InChI is InChI=1S/C25H24F4N6O2/c1-15(26)23(36)33-9-17(10-33)35-22-19(34-13-24(14-34)11-32(2)12-24)7-8-30-21(22)20(31-35)16-3-5-18(6-4-16)37-25(27,28)29/h3-8,17H,1,9-14H2,2H3. The fourth-order valence-corrected chi connectivity index (χ4v) is 5.76. The first kappa shape index (κ1) is 23.7. The minimum absolute atomic E-state index is 0.208. The Kier molecular flexibility index (Phi) is 5.23. The Balaban J connectivity index is 1.36. The van der Waals surface area contributed by atoms with E-state index in [0.717, 1.165) is 37.4 Å². The van der Waals surface area contributed by atoms with Crippen LogP contribution in [0, 0.1) is 5.41 Å². The molecular weight excluding hydrogens is 492 g/mol. The molecule has 0 saturated carbocycles. The lowest BCUT2D eigenvalue weighted by Gasteiger charge is -2.60. The van der Waals surface area contributed by atoms with Gasteiger partial charge in [-0.3, -0.25) is 14.5 Å². The van der Waals surface area contributed by atoms with Gasteiger partial charge < -0.3 is 19.4 Å². The van der Waals surface area contributed by atoms with E-state index in [1.54, 1.807) is 6.20 Å². The van der Waals surface area contributed by atoms with Gasteiger partial charge in [-0.15, -0.1) is 13.2 Å². The minimum Gasteiger partial charge on any atom is -0.406 e. The molecule has 3 fully saturated rings. The lowest BCUT2D eigenvalue weighted by atomic mass is 9.73. The van der Waals surface area contributed by atoms with Gasteiger partial charge in [0.15, 0.2) is 5.83 Å². The molecule has 0 N–H and O–H groups in total. The van der Waals surface area contributed by atoms with Gasteiger partial charge in [0, 0.05) is 56.4 Å². The van der Waals surface area contributed by atoms with Gasteiger partial charge in [0.2, 0.25) is 0 Å². The summed E-state index contributed by atoms with van der Waals surface area (Å²) >= 11 is 0. The molecule has 0 bridgehead atoms. The molecule has 3 aromatic rings. The lowest BCUT2D eigenvalue weighted by molar-refractivity contribution is -0.274. The third-order valence-electron chi connectivity index (χ3n) is 7.26. The summed E-state index contributed by atoms with van der Waals surface area (Å²) in [4.78, 5) is 22.5. The Morgan fingerprint density at radius 2 is 1.78 bits per heavy atom. The van der Waals surface area contributed by atoms with Crippen LogP contribution < -0.4 is 9.64 Å². The van der Waals surface area contributed by atoms with Crippen molar-refractivity contribution in [2.24, 2.45) is 5.41 Å². The van der Waals surface area contributed by atoms with Crippen molar-refractivity contribution in [3.05, 3.63) is 48.9 Å². The molecule has 6 rings (SSSR count). The van der Waals surface area contributed by atoms with Gasteiger partial charge in [0.25, 0.3) is 5.91 Å². The first-order chi connectivity index (χ1) is 17.5. The van der Waals surface area contributed by atoms with Crippen molar-refractivity contribution < 1.29 is 27.1 Å². The Bertz CT molecular complexity index is 1380. The molecule has 194 valence electrons. The number of pyridine rings is 1. The monoisotopic (exact) mass is 516 g/mol. The van der Waals surface area contributed by atoms with E-state index in [4.69, 9.17) is 5.10 Å². The van der Waals surface area contributed by atoms with Crippen molar-refractivity contribution in [1.82, 2.24) is 24.6 Å². The number of halogens is 4. The number of ether oxygens (including phenoxy) is 1. The molecule has 12 heteroatoms. The maximum absolute atomic E-state index is 13.4. The Morgan fingerprint density at radius 3 is 2.38 bits per heavy atom. The van der Waals surface area contributed by atoms with E-state index >= 15 is 0 Å². The summed E-state index contributed by atoms with van der Waals surface area (Å²) in [6.45, 7) is 7.50. The molecule has 1 spiro atoms. The number of carbonyl (C=O) groups excluding carboxylic acids is 1. The van der Waals surface area contributed by atoms with E-state index < -0.39 is 18.1 Å². The number of nitrogens with zero attached hydrogens (tertiary/aromatic N) is 6. The van der Waals surface area contributed by atoms with Gasteiger partial charge in [0.1, 0.15) is 22.5 Å². The van der Waals surface area contributed by atoms with E-state index in [1.807, 2.05) is 10.7 Å². The van der Waals surface area contributed by atoms with Crippen LogP contribution in [0.1, 0.15) is 6.04 Å². The van der Waals surface area contributed by atoms with Crippen LogP contribution in [-0.4, -0.2) is 83.2 Å². The largest absolute Gasteiger partial charge is 0.573 e. The summed E-state index contributed by atoms with van der Waals surface area (Å²) in [6.07, 6.45) is -3.08. The second kappa shape index (κ2) is 8.17. The number of benzene rings is 1. The second-order valence-corrected chi connectivity index (χ2v) is 10.2. The average molecular weight is 516 g/mol. The Hall–Kier alpha value is -3.67. The SMILES string of the molecule is C=C(F)C(=O)N1CC(n2nc(-c3ccc(OC(F)(F)F)cc3)c3nccc(N4CC5(CN(C)C5)C4)c32)C1. The van der Waals surface area contributed by atoms with Crippen LogP contribution in [0.4, 0.5) is 23.2 Å². The van der Waals surface area contributed by atoms with Crippen LogP contribution >= 0.6 is 0 Å². The van der Waals surface area contributed by atoms with Crippen LogP contribution in [0.5, 0.6) is 5.75 Å². The molecule has 1 aromatic carbocycles. The molecule has 0 aliphatic carbocycles. The molecular formula is C25H24F4N6O2. The Labute approximate surface area is 209 Å². The number of carbonyl (C=O) groups is 1. The number of aromatic nitrogens is 3. The highest BCUT2D eigenvalue weighted by Crippen LogP contribution is 2.44. The van der Waals surface area contributed by atoms with E-state index in [2.05, 4.69) is 33.1 Å². The van der Waals surface area contributed by atoms with Gasteiger partial charge >= 0.3 is 6.36 Å². The highest BCUT2D eigenvalue weighted by atomic mass is 19.4. The number of fused-ring (bicyclic) bond motifs is 1. The molecule has 0 atom stereocenters. The normalized spacial score (nSPS) is 19.5. The van der Waals surface area contributed by atoms with Gasteiger partial charge in [0.05, 0.1) is 11.7 Å². The molecule has 3 aliphatic heterocycles. The summed E-state index contributed by atoms with van der Waals surface area (Å²) in [5, 5.41) is 4.81. The first-order valence-corrected chi connectivity index (χ1v) is 11.8. The number of rotatable bonds is 5. The van der Waals surface area contributed by atoms with Crippen molar-refractivity contribution in [2.45, 2.75) is 12.4 Å². The van der Waals surface area contributed by atoms with E-state index in [9.17, 15) is 22.4 Å². The third kappa shape index (κ3) is 4.08. The van der Waals surface area contributed by atoms with Crippen LogP contribution in [0.3, 0.4) is 0 Å². The maximum atomic E-state index is 13.4. The minimum atomic E-state index is -4.78. The molecule has 5 heterocycles. The molecule has 2 aromatic heterocycles. The highest BCUT2D eigenvalue weighted by Gasteiger charge is 2.51. The van der Waals surface area contributed by atoms with Crippen LogP contribution in [-0.2, 0) is 4.79 Å². The fourth-order valence-electron chi connectivity index (χ4n) is 5.76. The highest BCUT2D eigenvalue weighted by molar-refractivity contribution is 5.98. The Morgan fingerprint density at radius 1 is 1.11 bits per heavy atom.